The van der Waals surface area contributed by atoms with E-state index in [9.17, 15) is 4.79 Å². The third-order valence-corrected chi connectivity index (χ3v) is 5.71. The quantitative estimate of drug-likeness (QED) is 0.493. The summed E-state index contributed by atoms with van der Waals surface area (Å²) < 4.78 is 11.7. The molecule has 2 atom stereocenters. The molecule has 0 saturated heterocycles. The van der Waals surface area contributed by atoms with E-state index in [0.717, 1.165) is 36.1 Å². The van der Waals surface area contributed by atoms with Gasteiger partial charge in [0.25, 0.3) is 5.91 Å². The van der Waals surface area contributed by atoms with Gasteiger partial charge in [-0.1, -0.05) is 50.1 Å². The molecule has 1 aliphatic rings. The zero-order valence-corrected chi connectivity index (χ0v) is 19.0. The molecule has 172 valence electrons. The van der Waals surface area contributed by atoms with Crippen molar-refractivity contribution in [2.24, 2.45) is 4.99 Å². The minimum Gasteiger partial charge on any atom is -0.494 e. The number of amides is 1. The molecule has 0 spiro atoms. The Hall–Kier alpha value is -2.86. The lowest BCUT2D eigenvalue weighted by Gasteiger charge is -2.28. The zero-order chi connectivity index (χ0) is 22.8. The maximum Gasteiger partial charge on any atom is 0.252 e. The second kappa shape index (κ2) is 11.7. The van der Waals surface area contributed by atoms with Gasteiger partial charge >= 0.3 is 0 Å². The van der Waals surface area contributed by atoms with E-state index in [2.05, 4.69) is 12.2 Å². The summed E-state index contributed by atoms with van der Waals surface area (Å²) in [6, 6.07) is 17.4. The number of nitrogens with one attached hydrogen (secondary N) is 1. The van der Waals surface area contributed by atoms with E-state index >= 15 is 0 Å². The number of aliphatic hydroxyl groups is 1. The van der Waals surface area contributed by atoms with Gasteiger partial charge in [-0.3, -0.25) is 4.79 Å². The van der Waals surface area contributed by atoms with Crippen LogP contribution in [0.3, 0.4) is 0 Å². The molecule has 0 bridgehead atoms. The summed E-state index contributed by atoms with van der Waals surface area (Å²) in [7, 11) is 0. The molecule has 6 nitrogen and oxygen atoms in total. The van der Waals surface area contributed by atoms with E-state index in [1.807, 2.05) is 61.5 Å². The molecule has 1 heterocycles. The Morgan fingerprint density at radius 3 is 2.56 bits per heavy atom. The van der Waals surface area contributed by atoms with Crippen molar-refractivity contribution in [2.75, 3.05) is 19.8 Å². The number of ether oxygens (including phenoxy) is 2. The first kappa shape index (κ1) is 23.8. The van der Waals surface area contributed by atoms with E-state index in [1.165, 1.54) is 0 Å². The maximum absolute atomic E-state index is 13.4. The van der Waals surface area contributed by atoms with E-state index in [-0.39, 0.29) is 12.5 Å². The Kier molecular flexibility index (Phi) is 8.68. The molecule has 32 heavy (non-hydrogen) atoms. The van der Waals surface area contributed by atoms with Gasteiger partial charge < -0.3 is 19.9 Å². The first-order chi connectivity index (χ1) is 15.6. The molecule has 2 aromatic rings. The molecule has 0 fully saturated rings. The predicted octanol–water partition coefficient (Wildman–Crippen LogP) is 3.90. The number of nitrogens with zero attached hydrogens (tertiary/aromatic N) is 1. The van der Waals surface area contributed by atoms with Crippen LogP contribution in [0.4, 0.5) is 0 Å². The fourth-order valence-electron chi connectivity index (χ4n) is 3.78. The molecule has 6 heteroatoms. The monoisotopic (exact) mass is 438 g/mol. The summed E-state index contributed by atoms with van der Waals surface area (Å²) in [6.45, 7) is 5.26. The fraction of sp³-hybridized carbons (Fsp3) is 0.462. The van der Waals surface area contributed by atoms with Crippen molar-refractivity contribution in [1.82, 2.24) is 5.32 Å². The van der Waals surface area contributed by atoms with Crippen LogP contribution in [0.25, 0.3) is 0 Å². The van der Waals surface area contributed by atoms with Crippen molar-refractivity contribution in [3.63, 3.8) is 0 Å². The Bertz CT molecular complexity index is 882. The van der Waals surface area contributed by atoms with Gasteiger partial charge in [0.05, 0.1) is 6.61 Å². The number of carbonyl (C=O) groups is 1. The minimum absolute atomic E-state index is 0.0936. The van der Waals surface area contributed by atoms with Gasteiger partial charge in [-0.15, -0.1) is 0 Å². The second-order valence-corrected chi connectivity index (χ2v) is 8.18. The highest BCUT2D eigenvalue weighted by Crippen LogP contribution is 2.33. The number of aliphatic imine (C=N–C) groups is 1. The average Bonchev–Trinajstić information content (AvgIpc) is 3.15. The molecule has 0 aliphatic carbocycles. The van der Waals surface area contributed by atoms with Crippen LogP contribution in [0.5, 0.6) is 5.75 Å². The Morgan fingerprint density at radius 1 is 1.12 bits per heavy atom. The smallest absolute Gasteiger partial charge is 0.252 e. The lowest BCUT2D eigenvalue weighted by atomic mass is 9.86. The molecule has 0 aromatic heterocycles. The highest BCUT2D eigenvalue weighted by molar-refractivity contribution is 6.00. The van der Waals surface area contributed by atoms with Crippen LogP contribution in [0.2, 0.25) is 0 Å². The van der Waals surface area contributed by atoms with Gasteiger partial charge in [0.15, 0.2) is 5.54 Å². The first-order valence-corrected chi connectivity index (χ1v) is 11.5. The standard InChI is InChI=1S/C26H34N2O4/c1-3-4-8-16-27-25(30)26(19-21-10-6-5-7-11-21)20(2)32-24(28-26)22-12-14-23(15-13-22)31-18-9-17-29/h5-7,10-15,20,29H,3-4,8-9,16-19H2,1-2H3,(H,27,30)/t20-,26-/m1/s1. The predicted molar refractivity (Wildman–Crippen MR) is 126 cm³/mol. The van der Waals surface area contributed by atoms with Gasteiger partial charge in [0, 0.05) is 31.6 Å². The highest BCUT2D eigenvalue weighted by atomic mass is 16.5. The first-order valence-electron chi connectivity index (χ1n) is 11.5. The molecule has 1 aliphatic heterocycles. The number of benzene rings is 2. The third kappa shape index (κ3) is 5.88. The zero-order valence-electron chi connectivity index (χ0n) is 19.0. The van der Waals surface area contributed by atoms with Crippen LogP contribution >= 0.6 is 0 Å². The van der Waals surface area contributed by atoms with Crippen molar-refractivity contribution in [1.29, 1.82) is 0 Å². The van der Waals surface area contributed by atoms with Crippen molar-refractivity contribution in [3.05, 3.63) is 65.7 Å². The van der Waals surface area contributed by atoms with E-state index < -0.39 is 11.6 Å². The van der Waals surface area contributed by atoms with Crippen LogP contribution < -0.4 is 10.1 Å². The molecular formula is C26H34N2O4. The Balaban J connectivity index is 1.82. The molecular weight excluding hydrogens is 404 g/mol. The van der Waals surface area contributed by atoms with E-state index in [1.54, 1.807) is 0 Å². The van der Waals surface area contributed by atoms with Gasteiger partial charge in [-0.05, 0) is 43.2 Å². The SMILES string of the molecule is CCCCCNC(=O)[C@]1(Cc2ccccc2)N=C(c2ccc(OCCCO)cc2)O[C@@H]1C. The molecule has 1 amide bonds. The van der Waals surface area contributed by atoms with Gasteiger partial charge in [0.1, 0.15) is 11.9 Å². The van der Waals surface area contributed by atoms with Gasteiger partial charge in [-0.2, -0.15) is 0 Å². The summed E-state index contributed by atoms with van der Waals surface area (Å²) in [5.41, 5.74) is 0.837. The lowest BCUT2D eigenvalue weighted by molar-refractivity contribution is -0.128. The number of aliphatic hydroxyl groups excluding tert-OH is 1. The molecule has 0 unspecified atom stereocenters. The average molecular weight is 439 g/mol. The topological polar surface area (TPSA) is 80.2 Å². The van der Waals surface area contributed by atoms with Crippen molar-refractivity contribution < 1.29 is 19.4 Å². The van der Waals surface area contributed by atoms with Gasteiger partial charge in [0.2, 0.25) is 5.90 Å². The summed E-state index contributed by atoms with van der Waals surface area (Å²) in [4.78, 5) is 18.3. The highest BCUT2D eigenvalue weighted by Gasteiger charge is 2.50. The molecule has 0 radical (unpaired) electrons. The molecule has 2 N–H and O–H groups in total. The number of carbonyl (C=O) groups excluding carboxylic acids is 1. The van der Waals surface area contributed by atoms with Crippen molar-refractivity contribution in [2.45, 2.75) is 57.6 Å². The Labute approximate surface area is 190 Å². The summed E-state index contributed by atoms with van der Waals surface area (Å²) >= 11 is 0. The molecule has 2 aromatic carbocycles. The lowest BCUT2D eigenvalue weighted by Crippen LogP contribution is -2.52. The normalized spacial score (nSPS) is 19.8. The number of unbranched alkanes of at least 4 members (excludes halogenated alkanes) is 2. The summed E-state index contributed by atoms with van der Waals surface area (Å²) in [6.07, 6.45) is 3.80. The summed E-state index contributed by atoms with van der Waals surface area (Å²) in [5.74, 6) is 1.10. The van der Waals surface area contributed by atoms with Crippen LogP contribution in [-0.4, -0.2) is 48.3 Å². The van der Waals surface area contributed by atoms with E-state index in [4.69, 9.17) is 19.6 Å². The maximum atomic E-state index is 13.4. The third-order valence-electron chi connectivity index (χ3n) is 5.71. The number of hydrogen-bond donors (Lipinski definition) is 2. The van der Waals surface area contributed by atoms with Crippen LogP contribution in [0.15, 0.2) is 59.6 Å². The van der Waals surface area contributed by atoms with Crippen molar-refractivity contribution >= 4 is 11.8 Å². The summed E-state index contributed by atoms with van der Waals surface area (Å²) in [5, 5.41) is 12.0. The largest absolute Gasteiger partial charge is 0.494 e. The fourth-order valence-corrected chi connectivity index (χ4v) is 3.78. The molecule has 0 saturated carbocycles. The molecule has 3 rings (SSSR count). The number of rotatable bonds is 12. The van der Waals surface area contributed by atoms with Crippen molar-refractivity contribution in [3.8, 4) is 5.75 Å². The van der Waals surface area contributed by atoms with E-state index in [0.29, 0.717) is 31.9 Å². The Morgan fingerprint density at radius 2 is 1.88 bits per heavy atom. The van der Waals surface area contributed by atoms with Crippen LogP contribution in [-0.2, 0) is 16.0 Å². The van der Waals surface area contributed by atoms with Crippen LogP contribution in [0, 0.1) is 0 Å². The van der Waals surface area contributed by atoms with Crippen LogP contribution in [0.1, 0.15) is 50.7 Å². The van der Waals surface area contributed by atoms with Gasteiger partial charge in [-0.25, -0.2) is 4.99 Å². The minimum atomic E-state index is -1.01. The number of hydrogen-bond acceptors (Lipinski definition) is 5. The second-order valence-electron chi connectivity index (χ2n) is 8.18.